The molecule has 0 aliphatic carbocycles. The summed E-state index contributed by atoms with van der Waals surface area (Å²) in [7, 11) is 0. The molecule has 11 heteroatoms. The van der Waals surface area contributed by atoms with Crippen LogP contribution in [0.1, 0.15) is 27.7 Å². The van der Waals surface area contributed by atoms with Crippen LogP contribution < -0.4 is 0 Å². The summed E-state index contributed by atoms with van der Waals surface area (Å²) in [6, 6.07) is 0. The van der Waals surface area contributed by atoms with Crippen LogP contribution in [0.2, 0.25) is 0 Å². The third-order valence-electron chi connectivity index (χ3n) is 2.97. The molecule has 0 amide bonds. The summed E-state index contributed by atoms with van der Waals surface area (Å²) in [5.74, 6) is -2.87. The van der Waals surface area contributed by atoms with Gasteiger partial charge in [-0.05, 0) is 0 Å². The van der Waals surface area contributed by atoms with Crippen LogP contribution in [0, 0.1) is 0 Å². The van der Waals surface area contributed by atoms with Crippen molar-refractivity contribution >= 4 is 40.9 Å². The number of halogens is 1. The van der Waals surface area contributed by atoms with Crippen molar-refractivity contribution in [2.24, 2.45) is 0 Å². The zero-order valence-corrected chi connectivity index (χ0v) is 15.8. The van der Waals surface area contributed by atoms with Gasteiger partial charge in [0.15, 0.2) is 24.6 Å². The molecular weight excluding hydrogens is 408 g/mol. The van der Waals surface area contributed by atoms with E-state index in [1.54, 1.807) is 0 Å². The Labute approximate surface area is 154 Å². The van der Waals surface area contributed by atoms with Gasteiger partial charge in [-0.15, -0.1) is 17.0 Å². The lowest BCUT2D eigenvalue weighted by Gasteiger charge is -2.42. The molecule has 0 bridgehead atoms. The van der Waals surface area contributed by atoms with Crippen molar-refractivity contribution < 1.29 is 48.0 Å². The number of hydrogen-bond acceptors (Lipinski definition) is 10. The number of esters is 4. The second kappa shape index (κ2) is 10.3. The van der Waals surface area contributed by atoms with Crippen LogP contribution in [0.5, 0.6) is 0 Å². The Morgan fingerprint density at radius 3 is 1.68 bits per heavy atom. The normalized spacial score (nSPS) is 28.1. The zero-order valence-electron chi connectivity index (χ0n) is 14.1. The Hall–Kier alpha value is -1.72. The van der Waals surface area contributed by atoms with Gasteiger partial charge >= 0.3 is 23.9 Å². The van der Waals surface area contributed by atoms with Crippen molar-refractivity contribution in [3.63, 3.8) is 0 Å². The van der Waals surface area contributed by atoms with E-state index < -0.39 is 54.6 Å². The molecule has 1 aliphatic heterocycles. The van der Waals surface area contributed by atoms with Crippen LogP contribution in [-0.4, -0.2) is 66.3 Å². The highest BCUT2D eigenvalue weighted by molar-refractivity contribution is 8.93. The molecule has 1 saturated heterocycles. The van der Waals surface area contributed by atoms with Gasteiger partial charge < -0.3 is 28.8 Å². The van der Waals surface area contributed by atoms with Crippen LogP contribution in [-0.2, 0) is 42.9 Å². The lowest BCUT2D eigenvalue weighted by Crippen LogP contribution is -2.62. The van der Waals surface area contributed by atoms with Gasteiger partial charge in [-0.25, -0.2) is 0 Å². The molecule has 25 heavy (non-hydrogen) atoms. The predicted octanol–water partition coefficient (Wildman–Crippen LogP) is -0.360. The summed E-state index contributed by atoms with van der Waals surface area (Å²) < 4.78 is 25.0. The van der Waals surface area contributed by atoms with Crippen LogP contribution in [0.25, 0.3) is 0 Å². The first-order valence-corrected chi connectivity index (χ1v) is 7.10. The van der Waals surface area contributed by atoms with E-state index in [9.17, 15) is 24.3 Å². The number of aliphatic hydroxyl groups excluding tert-OH is 1. The minimum Gasteiger partial charge on any atom is -0.463 e. The van der Waals surface area contributed by atoms with E-state index in [0.29, 0.717) is 0 Å². The van der Waals surface area contributed by atoms with Crippen molar-refractivity contribution in [3.8, 4) is 0 Å². The third kappa shape index (κ3) is 7.36. The molecule has 1 rings (SSSR count). The zero-order chi connectivity index (χ0) is 18.4. The Balaban J connectivity index is 0.00000576. The molecule has 0 aromatic rings. The van der Waals surface area contributed by atoms with Crippen molar-refractivity contribution in [2.75, 3.05) is 6.61 Å². The molecular formula is C14H21BrO10. The maximum Gasteiger partial charge on any atom is 0.303 e. The van der Waals surface area contributed by atoms with Crippen LogP contribution in [0.4, 0.5) is 0 Å². The molecule has 1 aliphatic rings. The first-order valence-electron chi connectivity index (χ1n) is 7.10. The quantitative estimate of drug-likeness (QED) is 0.456. The van der Waals surface area contributed by atoms with Gasteiger partial charge in [0, 0.05) is 27.7 Å². The van der Waals surface area contributed by atoms with E-state index >= 15 is 0 Å². The highest BCUT2D eigenvalue weighted by atomic mass is 79.9. The van der Waals surface area contributed by atoms with Crippen LogP contribution in [0.15, 0.2) is 0 Å². The molecule has 0 spiro atoms. The molecule has 1 unspecified atom stereocenters. The van der Waals surface area contributed by atoms with Gasteiger partial charge in [0.2, 0.25) is 0 Å². The summed E-state index contributed by atoms with van der Waals surface area (Å²) in [5, 5.41) is 10.0. The first kappa shape index (κ1) is 23.3. The van der Waals surface area contributed by atoms with E-state index in [1.807, 2.05) is 0 Å². The van der Waals surface area contributed by atoms with E-state index in [1.165, 1.54) is 0 Å². The standard InChI is InChI=1S/C14H20O10.BrH/c1-6(15)20-5-10-11(21-7(2)16)12(22-8(3)17)13(14(19)24-10)23-9(4)18;/h10-14,19H,5H2,1-4H3;1H/t10-,11-,12+,13-,14?;/m1./s1. The summed E-state index contributed by atoms with van der Waals surface area (Å²) in [5.41, 5.74) is 0. The van der Waals surface area contributed by atoms with Gasteiger partial charge in [0.05, 0.1) is 0 Å². The Morgan fingerprint density at radius 2 is 1.24 bits per heavy atom. The number of rotatable bonds is 5. The number of hydrogen-bond donors (Lipinski definition) is 1. The Bertz CT molecular complexity index is 508. The summed E-state index contributed by atoms with van der Waals surface area (Å²) in [6.45, 7) is 4.09. The average molecular weight is 429 g/mol. The smallest absolute Gasteiger partial charge is 0.303 e. The fourth-order valence-corrected chi connectivity index (χ4v) is 2.21. The van der Waals surface area contributed by atoms with E-state index in [-0.39, 0.29) is 23.6 Å². The molecule has 10 nitrogen and oxygen atoms in total. The van der Waals surface area contributed by atoms with Crippen LogP contribution in [0.3, 0.4) is 0 Å². The van der Waals surface area contributed by atoms with Crippen molar-refractivity contribution in [2.45, 2.75) is 58.4 Å². The minimum absolute atomic E-state index is 0. The Morgan fingerprint density at radius 1 is 0.800 bits per heavy atom. The largest absolute Gasteiger partial charge is 0.463 e. The number of ether oxygens (including phenoxy) is 5. The second-order valence-electron chi connectivity index (χ2n) is 5.09. The number of carbonyl (C=O) groups excluding carboxylic acids is 4. The van der Waals surface area contributed by atoms with Crippen molar-refractivity contribution in [1.29, 1.82) is 0 Å². The third-order valence-corrected chi connectivity index (χ3v) is 2.97. The highest BCUT2D eigenvalue weighted by Gasteiger charge is 2.51. The number of carbonyl (C=O) groups is 4. The molecule has 0 saturated carbocycles. The fourth-order valence-electron chi connectivity index (χ4n) is 2.21. The molecule has 0 aromatic carbocycles. The van der Waals surface area contributed by atoms with E-state index in [4.69, 9.17) is 23.7 Å². The maximum absolute atomic E-state index is 11.3. The average Bonchev–Trinajstić information content (AvgIpc) is 2.42. The molecule has 0 aromatic heterocycles. The van der Waals surface area contributed by atoms with E-state index in [2.05, 4.69) is 0 Å². The molecule has 1 N–H and O–H groups in total. The number of aliphatic hydroxyl groups is 1. The lowest BCUT2D eigenvalue weighted by atomic mass is 9.98. The van der Waals surface area contributed by atoms with Crippen molar-refractivity contribution in [3.05, 3.63) is 0 Å². The van der Waals surface area contributed by atoms with Gasteiger partial charge in [-0.3, -0.25) is 19.2 Å². The molecule has 144 valence electrons. The monoisotopic (exact) mass is 428 g/mol. The van der Waals surface area contributed by atoms with Gasteiger partial charge in [-0.2, -0.15) is 0 Å². The lowest BCUT2D eigenvalue weighted by molar-refractivity contribution is -0.296. The molecule has 0 radical (unpaired) electrons. The molecule has 1 fully saturated rings. The summed E-state index contributed by atoms with van der Waals surface area (Å²) in [6.07, 6.45) is -6.79. The van der Waals surface area contributed by atoms with Gasteiger partial charge in [0.25, 0.3) is 0 Å². The molecule has 1 heterocycles. The predicted molar refractivity (Wildman–Crippen MR) is 84.5 cm³/mol. The van der Waals surface area contributed by atoms with E-state index in [0.717, 1.165) is 27.7 Å². The van der Waals surface area contributed by atoms with Gasteiger partial charge in [-0.1, -0.05) is 0 Å². The molecule has 5 atom stereocenters. The fraction of sp³-hybridized carbons (Fsp3) is 0.714. The highest BCUT2D eigenvalue weighted by Crippen LogP contribution is 2.28. The summed E-state index contributed by atoms with van der Waals surface area (Å²) >= 11 is 0. The topological polar surface area (TPSA) is 135 Å². The van der Waals surface area contributed by atoms with Crippen molar-refractivity contribution in [1.82, 2.24) is 0 Å². The SMILES string of the molecule is Br.CC(=O)OC[C@H]1OC(O)[C@H](OC(C)=O)[C@@H](OC(C)=O)[C@@H]1OC(C)=O. The Kier molecular flexibility index (Phi) is 9.60. The minimum atomic E-state index is -1.68. The van der Waals surface area contributed by atoms with Crippen LogP contribution >= 0.6 is 17.0 Å². The van der Waals surface area contributed by atoms with Gasteiger partial charge in [0.1, 0.15) is 12.7 Å². The maximum atomic E-state index is 11.3. The first-order chi connectivity index (χ1) is 11.1. The second-order valence-corrected chi connectivity index (χ2v) is 5.09. The summed E-state index contributed by atoms with van der Waals surface area (Å²) in [4.78, 5) is 44.9.